The number of aromatic nitrogens is 2. The van der Waals surface area contributed by atoms with Crippen molar-refractivity contribution >= 4 is 5.65 Å². The SMILES string of the molecule is OCc1c(C2CC2)nc2ccccn12. The zero-order chi connectivity index (χ0) is 9.54. The zero-order valence-electron chi connectivity index (χ0n) is 7.85. The lowest BCUT2D eigenvalue weighted by atomic mass is 10.2. The Morgan fingerprint density at radius 1 is 1.43 bits per heavy atom. The van der Waals surface area contributed by atoms with Gasteiger partial charge in [-0.1, -0.05) is 6.07 Å². The lowest BCUT2D eigenvalue weighted by molar-refractivity contribution is 0.274. The van der Waals surface area contributed by atoms with Gasteiger partial charge in [0.2, 0.25) is 0 Å². The summed E-state index contributed by atoms with van der Waals surface area (Å²) in [5.41, 5.74) is 3.00. The summed E-state index contributed by atoms with van der Waals surface area (Å²) in [6, 6.07) is 5.91. The van der Waals surface area contributed by atoms with Gasteiger partial charge in [-0.05, 0) is 25.0 Å². The van der Waals surface area contributed by atoms with Crippen molar-refractivity contribution in [1.29, 1.82) is 0 Å². The van der Waals surface area contributed by atoms with E-state index >= 15 is 0 Å². The monoisotopic (exact) mass is 188 g/mol. The number of rotatable bonds is 2. The normalized spacial score (nSPS) is 16.4. The molecule has 3 heteroatoms. The van der Waals surface area contributed by atoms with Gasteiger partial charge in [0.1, 0.15) is 5.65 Å². The molecule has 1 saturated carbocycles. The van der Waals surface area contributed by atoms with Gasteiger partial charge in [-0.25, -0.2) is 4.98 Å². The third kappa shape index (κ3) is 1.06. The van der Waals surface area contributed by atoms with Crippen molar-refractivity contribution in [3.05, 3.63) is 35.8 Å². The highest BCUT2D eigenvalue weighted by molar-refractivity contribution is 5.44. The third-order valence-electron chi connectivity index (χ3n) is 2.77. The quantitative estimate of drug-likeness (QED) is 0.779. The Morgan fingerprint density at radius 3 is 3.00 bits per heavy atom. The first-order valence-electron chi connectivity index (χ1n) is 4.97. The molecule has 1 fully saturated rings. The Morgan fingerprint density at radius 2 is 2.29 bits per heavy atom. The van der Waals surface area contributed by atoms with Gasteiger partial charge in [0, 0.05) is 12.1 Å². The summed E-state index contributed by atoms with van der Waals surface area (Å²) in [6.45, 7) is 0.0804. The average Bonchev–Trinajstić information content (AvgIpc) is 2.99. The van der Waals surface area contributed by atoms with E-state index < -0.39 is 0 Å². The number of imidazole rings is 1. The summed E-state index contributed by atoms with van der Waals surface area (Å²) in [5.74, 6) is 0.594. The van der Waals surface area contributed by atoms with Crippen LogP contribution in [0.5, 0.6) is 0 Å². The van der Waals surface area contributed by atoms with Crippen molar-refractivity contribution in [3.63, 3.8) is 0 Å². The molecule has 0 atom stereocenters. The van der Waals surface area contributed by atoms with E-state index in [-0.39, 0.29) is 6.61 Å². The third-order valence-corrected chi connectivity index (χ3v) is 2.77. The molecule has 2 aromatic heterocycles. The van der Waals surface area contributed by atoms with E-state index in [4.69, 9.17) is 0 Å². The van der Waals surface area contributed by atoms with E-state index in [1.807, 2.05) is 28.8 Å². The van der Waals surface area contributed by atoms with Crippen LogP contribution in [0.3, 0.4) is 0 Å². The second-order valence-electron chi connectivity index (χ2n) is 3.80. The van der Waals surface area contributed by atoms with Gasteiger partial charge in [-0.3, -0.25) is 0 Å². The molecule has 14 heavy (non-hydrogen) atoms. The highest BCUT2D eigenvalue weighted by Crippen LogP contribution is 2.41. The van der Waals surface area contributed by atoms with Gasteiger partial charge in [-0.15, -0.1) is 0 Å². The van der Waals surface area contributed by atoms with Crippen molar-refractivity contribution in [2.75, 3.05) is 0 Å². The number of nitrogens with zero attached hydrogens (tertiary/aromatic N) is 2. The van der Waals surface area contributed by atoms with E-state index in [0.717, 1.165) is 17.0 Å². The maximum Gasteiger partial charge on any atom is 0.137 e. The van der Waals surface area contributed by atoms with Crippen LogP contribution in [0.15, 0.2) is 24.4 Å². The van der Waals surface area contributed by atoms with Gasteiger partial charge >= 0.3 is 0 Å². The minimum atomic E-state index is 0.0804. The molecule has 1 N–H and O–H groups in total. The standard InChI is InChI=1S/C11H12N2O/c14-7-9-11(8-4-5-8)12-10-3-1-2-6-13(9)10/h1-3,6,8,14H,4-5,7H2. The number of hydrogen-bond acceptors (Lipinski definition) is 2. The van der Waals surface area contributed by atoms with Crippen LogP contribution in [0, 0.1) is 0 Å². The first kappa shape index (κ1) is 8.00. The second-order valence-corrected chi connectivity index (χ2v) is 3.80. The summed E-state index contributed by atoms with van der Waals surface area (Å²) in [4.78, 5) is 4.55. The van der Waals surface area contributed by atoms with Crippen molar-refractivity contribution in [3.8, 4) is 0 Å². The van der Waals surface area contributed by atoms with Crippen LogP contribution in [-0.2, 0) is 6.61 Å². The van der Waals surface area contributed by atoms with Gasteiger partial charge < -0.3 is 9.51 Å². The molecule has 1 aliphatic carbocycles. The molecule has 1 aliphatic rings. The molecule has 2 heterocycles. The number of fused-ring (bicyclic) bond motifs is 1. The van der Waals surface area contributed by atoms with E-state index in [0.29, 0.717) is 5.92 Å². The van der Waals surface area contributed by atoms with Crippen molar-refractivity contribution in [1.82, 2.24) is 9.38 Å². The Hall–Kier alpha value is -1.35. The van der Waals surface area contributed by atoms with Crippen LogP contribution in [0.1, 0.15) is 30.1 Å². The fraction of sp³-hybridized carbons (Fsp3) is 0.364. The maximum atomic E-state index is 9.32. The molecule has 3 rings (SSSR count). The Bertz CT molecular complexity index is 471. The molecule has 0 unspecified atom stereocenters. The first-order valence-corrected chi connectivity index (χ1v) is 4.97. The number of aliphatic hydroxyl groups excluding tert-OH is 1. The summed E-state index contributed by atoms with van der Waals surface area (Å²) >= 11 is 0. The lowest BCUT2D eigenvalue weighted by Gasteiger charge is -1.98. The fourth-order valence-corrected chi connectivity index (χ4v) is 1.91. The van der Waals surface area contributed by atoms with E-state index in [1.165, 1.54) is 12.8 Å². The second kappa shape index (κ2) is 2.82. The first-order chi connectivity index (χ1) is 6.90. The molecule has 0 aliphatic heterocycles. The molecule has 0 amide bonds. The highest BCUT2D eigenvalue weighted by atomic mass is 16.3. The lowest BCUT2D eigenvalue weighted by Crippen LogP contribution is -1.94. The van der Waals surface area contributed by atoms with Crippen molar-refractivity contribution in [2.45, 2.75) is 25.4 Å². The predicted octanol–water partition coefficient (Wildman–Crippen LogP) is 1.70. The van der Waals surface area contributed by atoms with Crippen LogP contribution in [0.2, 0.25) is 0 Å². The molecule has 0 bridgehead atoms. The Kier molecular flexibility index (Phi) is 1.61. The van der Waals surface area contributed by atoms with Crippen LogP contribution in [-0.4, -0.2) is 14.5 Å². The minimum Gasteiger partial charge on any atom is -0.390 e. The molecular weight excluding hydrogens is 176 g/mol. The Balaban J connectivity index is 2.28. The van der Waals surface area contributed by atoms with E-state index in [2.05, 4.69) is 4.98 Å². The van der Waals surface area contributed by atoms with Gasteiger partial charge in [-0.2, -0.15) is 0 Å². The summed E-state index contributed by atoms with van der Waals surface area (Å²) in [7, 11) is 0. The molecule has 0 spiro atoms. The smallest absolute Gasteiger partial charge is 0.137 e. The average molecular weight is 188 g/mol. The topological polar surface area (TPSA) is 37.5 Å². The van der Waals surface area contributed by atoms with Crippen LogP contribution >= 0.6 is 0 Å². The summed E-state index contributed by atoms with van der Waals surface area (Å²) in [6.07, 6.45) is 4.40. The van der Waals surface area contributed by atoms with E-state index in [9.17, 15) is 5.11 Å². The van der Waals surface area contributed by atoms with Crippen LogP contribution < -0.4 is 0 Å². The molecular formula is C11H12N2O. The molecule has 3 nitrogen and oxygen atoms in total. The molecule has 0 saturated heterocycles. The van der Waals surface area contributed by atoms with Gasteiger partial charge in [0.25, 0.3) is 0 Å². The fourth-order valence-electron chi connectivity index (χ4n) is 1.91. The Labute approximate surface area is 82.0 Å². The van der Waals surface area contributed by atoms with Crippen LogP contribution in [0.25, 0.3) is 5.65 Å². The number of aliphatic hydroxyl groups is 1. The number of pyridine rings is 1. The summed E-state index contributed by atoms with van der Waals surface area (Å²) in [5, 5.41) is 9.32. The van der Waals surface area contributed by atoms with Crippen molar-refractivity contribution < 1.29 is 5.11 Å². The minimum absolute atomic E-state index is 0.0804. The molecule has 0 radical (unpaired) electrons. The van der Waals surface area contributed by atoms with Crippen LogP contribution in [0.4, 0.5) is 0 Å². The molecule has 0 aromatic carbocycles. The predicted molar refractivity (Wildman–Crippen MR) is 53.1 cm³/mol. The summed E-state index contributed by atoms with van der Waals surface area (Å²) < 4.78 is 1.98. The van der Waals surface area contributed by atoms with Gasteiger partial charge in [0.05, 0.1) is 18.0 Å². The highest BCUT2D eigenvalue weighted by Gasteiger charge is 2.29. The molecule has 2 aromatic rings. The number of hydrogen-bond donors (Lipinski definition) is 1. The van der Waals surface area contributed by atoms with E-state index in [1.54, 1.807) is 0 Å². The molecule has 72 valence electrons. The largest absolute Gasteiger partial charge is 0.390 e. The maximum absolute atomic E-state index is 9.32. The van der Waals surface area contributed by atoms with Crippen molar-refractivity contribution in [2.24, 2.45) is 0 Å². The van der Waals surface area contributed by atoms with Gasteiger partial charge in [0.15, 0.2) is 0 Å². The zero-order valence-corrected chi connectivity index (χ0v) is 7.85.